The molecule has 1 aromatic carbocycles. The quantitative estimate of drug-likeness (QED) is 0.608. The fourth-order valence-corrected chi connectivity index (χ4v) is 2.36. The lowest BCUT2D eigenvalue weighted by Gasteiger charge is -2.08. The Kier molecular flexibility index (Phi) is 5.63. The summed E-state index contributed by atoms with van der Waals surface area (Å²) >= 11 is 0. The van der Waals surface area contributed by atoms with E-state index in [1.165, 1.54) is 35.9 Å². The molecule has 2 aromatic rings. The Morgan fingerprint density at radius 3 is 2.76 bits per heavy atom. The van der Waals surface area contributed by atoms with E-state index in [0.29, 0.717) is 11.4 Å². The number of ether oxygens (including phenoxy) is 1. The highest BCUT2D eigenvalue weighted by atomic mass is 19.3. The number of amides is 1. The second kappa shape index (κ2) is 7.69. The summed E-state index contributed by atoms with van der Waals surface area (Å²) in [6.07, 6.45) is 0. The van der Waals surface area contributed by atoms with E-state index in [1.807, 2.05) is 0 Å². The summed E-state index contributed by atoms with van der Waals surface area (Å²) in [6.45, 7) is 0.539. The predicted octanol–water partition coefficient (Wildman–Crippen LogP) is 2.44. The molecule has 0 atom stereocenters. The van der Waals surface area contributed by atoms with E-state index in [1.54, 1.807) is 6.92 Å². The van der Waals surface area contributed by atoms with Gasteiger partial charge in [-0.05, 0) is 32.0 Å². The average molecular weight is 354 g/mol. The van der Waals surface area contributed by atoms with Crippen LogP contribution in [-0.4, -0.2) is 33.8 Å². The number of alkyl halides is 2. The molecule has 0 radical (unpaired) electrons. The van der Waals surface area contributed by atoms with Crippen molar-refractivity contribution < 1.29 is 23.2 Å². The van der Waals surface area contributed by atoms with E-state index in [9.17, 15) is 23.7 Å². The molecule has 25 heavy (non-hydrogen) atoms. The van der Waals surface area contributed by atoms with Gasteiger partial charge in [0, 0.05) is 12.1 Å². The Hall–Kier alpha value is -3.04. The summed E-state index contributed by atoms with van der Waals surface area (Å²) < 4.78 is 30.1. The standard InChI is InChI=1S/C15H16F2N4O4/c1-9-13(21(23)24)10(2)20(19-9)7-6-18-14(22)11-4-3-5-12(8-11)25-15(16)17/h3-5,8,15H,6-7H2,1-2H3,(H,18,22). The van der Waals surface area contributed by atoms with Crippen molar-refractivity contribution in [3.8, 4) is 5.75 Å². The first kappa shape index (κ1) is 18.3. The van der Waals surface area contributed by atoms with Crippen molar-refractivity contribution in [3.63, 3.8) is 0 Å². The van der Waals surface area contributed by atoms with Crippen LogP contribution in [0.5, 0.6) is 5.75 Å². The number of hydrogen-bond donors (Lipinski definition) is 1. The third-order valence-electron chi connectivity index (χ3n) is 3.46. The Balaban J connectivity index is 1.97. The molecule has 10 heteroatoms. The summed E-state index contributed by atoms with van der Waals surface area (Å²) in [5.74, 6) is -0.590. The zero-order valence-electron chi connectivity index (χ0n) is 13.5. The lowest BCUT2D eigenvalue weighted by Crippen LogP contribution is -2.27. The number of hydrogen-bond acceptors (Lipinski definition) is 5. The minimum atomic E-state index is -2.97. The predicted molar refractivity (Wildman–Crippen MR) is 83.8 cm³/mol. The topological polar surface area (TPSA) is 99.3 Å². The van der Waals surface area contributed by atoms with Gasteiger partial charge in [-0.25, -0.2) is 0 Å². The Morgan fingerprint density at radius 1 is 1.44 bits per heavy atom. The highest BCUT2D eigenvalue weighted by Crippen LogP contribution is 2.21. The van der Waals surface area contributed by atoms with Crippen molar-refractivity contribution in [2.75, 3.05) is 6.54 Å². The van der Waals surface area contributed by atoms with Gasteiger partial charge in [0.05, 0.1) is 11.5 Å². The van der Waals surface area contributed by atoms with Crippen LogP contribution in [0.25, 0.3) is 0 Å². The maximum atomic E-state index is 12.2. The monoisotopic (exact) mass is 354 g/mol. The van der Waals surface area contributed by atoms with Gasteiger partial charge in [-0.1, -0.05) is 6.07 Å². The van der Waals surface area contributed by atoms with Crippen LogP contribution < -0.4 is 10.1 Å². The summed E-state index contributed by atoms with van der Waals surface area (Å²) in [5, 5.41) is 17.6. The number of aryl methyl sites for hydroxylation is 1. The van der Waals surface area contributed by atoms with Gasteiger partial charge < -0.3 is 10.1 Å². The average Bonchev–Trinajstić information content (AvgIpc) is 2.81. The van der Waals surface area contributed by atoms with Crippen LogP contribution in [0.1, 0.15) is 21.7 Å². The summed E-state index contributed by atoms with van der Waals surface area (Å²) in [4.78, 5) is 22.5. The summed E-state index contributed by atoms with van der Waals surface area (Å²) in [5.41, 5.74) is 0.801. The van der Waals surface area contributed by atoms with Crippen molar-refractivity contribution in [1.82, 2.24) is 15.1 Å². The zero-order chi connectivity index (χ0) is 18.6. The van der Waals surface area contributed by atoms with Gasteiger partial charge in [0.25, 0.3) is 5.91 Å². The maximum Gasteiger partial charge on any atom is 0.387 e. The van der Waals surface area contributed by atoms with Crippen LogP contribution in [0.4, 0.5) is 14.5 Å². The van der Waals surface area contributed by atoms with Crippen LogP contribution in [-0.2, 0) is 6.54 Å². The van der Waals surface area contributed by atoms with Gasteiger partial charge in [0.15, 0.2) is 0 Å². The molecule has 0 unspecified atom stereocenters. The fourth-order valence-electron chi connectivity index (χ4n) is 2.36. The second-order valence-corrected chi connectivity index (χ2v) is 5.16. The van der Waals surface area contributed by atoms with Crippen molar-refractivity contribution in [2.45, 2.75) is 27.0 Å². The van der Waals surface area contributed by atoms with Gasteiger partial charge in [0.2, 0.25) is 0 Å². The molecule has 1 aromatic heterocycles. The molecule has 2 rings (SSSR count). The van der Waals surface area contributed by atoms with E-state index in [-0.39, 0.29) is 30.1 Å². The number of rotatable bonds is 7. The normalized spacial score (nSPS) is 10.8. The van der Waals surface area contributed by atoms with Crippen molar-refractivity contribution in [1.29, 1.82) is 0 Å². The maximum absolute atomic E-state index is 12.2. The van der Waals surface area contributed by atoms with Gasteiger partial charge in [0.1, 0.15) is 17.1 Å². The van der Waals surface area contributed by atoms with Crippen LogP contribution in [0.3, 0.4) is 0 Å². The van der Waals surface area contributed by atoms with Crippen LogP contribution in [0.2, 0.25) is 0 Å². The molecule has 0 bridgehead atoms. The molecule has 1 N–H and O–H groups in total. The van der Waals surface area contributed by atoms with Crippen molar-refractivity contribution in [3.05, 3.63) is 51.3 Å². The number of nitro groups is 1. The second-order valence-electron chi connectivity index (χ2n) is 5.16. The Labute approximate surface area is 141 Å². The van der Waals surface area contributed by atoms with Crippen molar-refractivity contribution >= 4 is 11.6 Å². The van der Waals surface area contributed by atoms with Crippen LogP contribution in [0.15, 0.2) is 24.3 Å². The first-order valence-electron chi connectivity index (χ1n) is 7.31. The fraction of sp³-hybridized carbons (Fsp3) is 0.333. The number of carbonyl (C=O) groups is 1. The molecule has 0 spiro atoms. The lowest BCUT2D eigenvalue weighted by atomic mass is 10.2. The molecule has 0 aliphatic carbocycles. The first-order chi connectivity index (χ1) is 11.8. The van der Waals surface area contributed by atoms with Gasteiger partial charge in [-0.15, -0.1) is 0 Å². The molecule has 0 fully saturated rings. The van der Waals surface area contributed by atoms with E-state index >= 15 is 0 Å². The Morgan fingerprint density at radius 2 is 2.16 bits per heavy atom. The van der Waals surface area contributed by atoms with Gasteiger partial charge in [-0.3, -0.25) is 19.6 Å². The third-order valence-corrected chi connectivity index (χ3v) is 3.46. The molecular weight excluding hydrogens is 338 g/mol. The first-order valence-corrected chi connectivity index (χ1v) is 7.31. The molecule has 0 aliphatic rings. The number of aromatic nitrogens is 2. The molecule has 1 heterocycles. The van der Waals surface area contributed by atoms with E-state index in [4.69, 9.17) is 0 Å². The highest BCUT2D eigenvalue weighted by Gasteiger charge is 2.21. The molecular formula is C15H16F2N4O4. The highest BCUT2D eigenvalue weighted by molar-refractivity contribution is 5.94. The number of nitrogens with one attached hydrogen (secondary N) is 1. The van der Waals surface area contributed by atoms with Crippen LogP contribution in [0, 0.1) is 24.0 Å². The van der Waals surface area contributed by atoms with Crippen molar-refractivity contribution in [2.24, 2.45) is 0 Å². The molecule has 0 saturated heterocycles. The third kappa shape index (κ3) is 4.49. The summed E-state index contributed by atoms with van der Waals surface area (Å²) in [7, 11) is 0. The summed E-state index contributed by atoms with van der Waals surface area (Å²) in [6, 6.07) is 5.41. The lowest BCUT2D eigenvalue weighted by molar-refractivity contribution is -0.386. The van der Waals surface area contributed by atoms with Crippen LogP contribution >= 0.6 is 0 Å². The molecule has 0 saturated carbocycles. The molecule has 0 aliphatic heterocycles. The van der Waals surface area contributed by atoms with Gasteiger partial charge in [-0.2, -0.15) is 13.9 Å². The number of benzene rings is 1. The molecule has 1 amide bonds. The SMILES string of the molecule is Cc1nn(CCNC(=O)c2cccc(OC(F)F)c2)c(C)c1[N+](=O)[O-]. The zero-order valence-corrected chi connectivity index (χ0v) is 13.5. The minimum absolute atomic E-state index is 0.0526. The smallest absolute Gasteiger partial charge is 0.387 e. The van der Waals surface area contributed by atoms with E-state index < -0.39 is 17.4 Å². The molecule has 134 valence electrons. The van der Waals surface area contributed by atoms with Gasteiger partial charge >= 0.3 is 12.3 Å². The minimum Gasteiger partial charge on any atom is -0.435 e. The number of nitrogens with zero attached hydrogens (tertiary/aromatic N) is 3. The number of carbonyl (C=O) groups excluding carboxylic acids is 1. The molecule has 8 nitrogen and oxygen atoms in total. The largest absolute Gasteiger partial charge is 0.435 e. The van der Waals surface area contributed by atoms with E-state index in [2.05, 4.69) is 15.2 Å². The number of halogens is 2. The Bertz CT molecular complexity index is 792. The van der Waals surface area contributed by atoms with E-state index in [0.717, 1.165) is 0 Å².